The zero-order valence-corrected chi connectivity index (χ0v) is 10.9. The molecule has 2 aromatic rings. The summed E-state index contributed by atoms with van der Waals surface area (Å²) in [6.07, 6.45) is 0. The molecule has 0 atom stereocenters. The lowest BCUT2D eigenvalue weighted by Gasteiger charge is -2.09. The highest BCUT2D eigenvalue weighted by molar-refractivity contribution is 6.32. The largest absolute Gasteiger partial charge is 0.506 e. The van der Waals surface area contributed by atoms with E-state index in [2.05, 4.69) is 5.32 Å². The summed E-state index contributed by atoms with van der Waals surface area (Å²) in [6, 6.07) is 8.38. The third-order valence-electron chi connectivity index (χ3n) is 2.70. The monoisotopic (exact) mass is 296 g/mol. The van der Waals surface area contributed by atoms with Gasteiger partial charge in [-0.15, -0.1) is 0 Å². The molecule has 0 amide bonds. The van der Waals surface area contributed by atoms with E-state index in [1.807, 2.05) is 0 Å². The number of nitro groups is 1. The fourth-order valence-electron chi connectivity index (χ4n) is 1.66. The number of nitrogens with one attached hydrogen (secondary N) is 1. The number of nitrogens with zero attached hydrogens (tertiary/aromatic N) is 1. The van der Waals surface area contributed by atoms with Gasteiger partial charge in [-0.3, -0.25) is 10.1 Å². The minimum Gasteiger partial charge on any atom is -0.506 e. The van der Waals surface area contributed by atoms with Gasteiger partial charge in [0.05, 0.1) is 9.95 Å². The summed E-state index contributed by atoms with van der Waals surface area (Å²) in [5.74, 6) is -0.973. The Labute approximate surface area is 118 Å². The van der Waals surface area contributed by atoms with Gasteiger partial charge in [0.2, 0.25) is 5.82 Å². The third-order valence-corrected chi connectivity index (χ3v) is 3.00. The molecule has 5 nitrogen and oxygen atoms in total. The Kier molecular flexibility index (Phi) is 4.05. The summed E-state index contributed by atoms with van der Waals surface area (Å²) in [4.78, 5) is 9.70. The first-order chi connectivity index (χ1) is 9.49. The summed E-state index contributed by atoms with van der Waals surface area (Å²) >= 11 is 5.76. The van der Waals surface area contributed by atoms with Crippen molar-refractivity contribution in [1.29, 1.82) is 0 Å². The molecule has 20 heavy (non-hydrogen) atoms. The molecule has 0 fully saturated rings. The van der Waals surface area contributed by atoms with Crippen LogP contribution >= 0.6 is 11.6 Å². The first-order valence-corrected chi connectivity index (χ1v) is 6.01. The molecule has 2 rings (SSSR count). The van der Waals surface area contributed by atoms with Gasteiger partial charge in [-0.25, -0.2) is 0 Å². The molecule has 0 aromatic heterocycles. The molecule has 0 aliphatic carbocycles. The molecule has 0 heterocycles. The molecular formula is C13H10ClFN2O3. The fraction of sp³-hybridized carbons (Fsp3) is 0.0769. The fourth-order valence-corrected chi connectivity index (χ4v) is 1.86. The molecule has 0 unspecified atom stereocenters. The smallest absolute Gasteiger partial charge is 0.304 e. The van der Waals surface area contributed by atoms with E-state index in [4.69, 9.17) is 11.6 Å². The molecule has 0 aliphatic rings. The SMILES string of the molecule is O=[N+]([O-])c1ccc(NCc2cccc(Cl)c2O)cc1F. The van der Waals surface area contributed by atoms with Crippen molar-refractivity contribution in [3.05, 3.63) is 62.9 Å². The molecular weight excluding hydrogens is 287 g/mol. The van der Waals surface area contributed by atoms with Gasteiger partial charge < -0.3 is 10.4 Å². The lowest BCUT2D eigenvalue weighted by molar-refractivity contribution is -0.387. The minimum absolute atomic E-state index is 0.0518. The van der Waals surface area contributed by atoms with Crippen molar-refractivity contribution in [2.24, 2.45) is 0 Å². The predicted molar refractivity (Wildman–Crippen MR) is 73.5 cm³/mol. The van der Waals surface area contributed by atoms with E-state index in [9.17, 15) is 19.6 Å². The van der Waals surface area contributed by atoms with Crippen LogP contribution in [0.15, 0.2) is 36.4 Å². The second-order valence-corrected chi connectivity index (χ2v) is 4.43. The van der Waals surface area contributed by atoms with Gasteiger partial charge in [-0.05, 0) is 12.1 Å². The maximum absolute atomic E-state index is 13.4. The molecule has 104 valence electrons. The van der Waals surface area contributed by atoms with Gasteiger partial charge in [0.25, 0.3) is 0 Å². The highest BCUT2D eigenvalue weighted by Crippen LogP contribution is 2.28. The zero-order chi connectivity index (χ0) is 14.7. The highest BCUT2D eigenvalue weighted by atomic mass is 35.5. The highest BCUT2D eigenvalue weighted by Gasteiger charge is 2.13. The summed E-state index contributed by atoms with van der Waals surface area (Å²) in [5.41, 5.74) is 0.324. The van der Waals surface area contributed by atoms with Crippen LogP contribution in [0.4, 0.5) is 15.8 Å². The van der Waals surface area contributed by atoms with Crippen molar-refractivity contribution in [2.45, 2.75) is 6.54 Å². The van der Waals surface area contributed by atoms with E-state index in [0.29, 0.717) is 11.3 Å². The molecule has 0 bridgehead atoms. The summed E-state index contributed by atoms with van der Waals surface area (Å²) < 4.78 is 13.4. The Morgan fingerprint density at radius 1 is 1.35 bits per heavy atom. The first kappa shape index (κ1) is 14.1. The van der Waals surface area contributed by atoms with Crippen molar-refractivity contribution in [2.75, 3.05) is 5.32 Å². The number of hydrogen-bond donors (Lipinski definition) is 2. The van der Waals surface area contributed by atoms with Crippen molar-refractivity contribution >= 4 is 23.0 Å². The number of anilines is 1. The summed E-state index contributed by atoms with van der Waals surface area (Å²) in [6.45, 7) is 0.212. The van der Waals surface area contributed by atoms with Crippen LogP contribution in [0.2, 0.25) is 5.02 Å². The van der Waals surface area contributed by atoms with Crippen LogP contribution in [-0.2, 0) is 6.54 Å². The van der Waals surface area contributed by atoms with Crippen LogP contribution in [0.25, 0.3) is 0 Å². The normalized spacial score (nSPS) is 10.3. The molecule has 0 aliphatic heterocycles. The van der Waals surface area contributed by atoms with Gasteiger partial charge in [0, 0.05) is 29.9 Å². The maximum atomic E-state index is 13.4. The van der Waals surface area contributed by atoms with Crippen molar-refractivity contribution in [3.8, 4) is 5.75 Å². The average Bonchev–Trinajstić information content (AvgIpc) is 2.40. The molecule has 0 radical (unpaired) electrons. The molecule has 0 saturated carbocycles. The Morgan fingerprint density at radius 3 is 2.75 bits per heavy atom. The summed E-state index contributed by atoms with van der Waals surface area (Å²) in [7, 11) is 0. The molecule has 7 heteroatoms. The lowest BCUT2D eigenvalue weighted by Crippen LogP contribution is -2.01. The number of phenols is 1. The number of hydrogen-bond acceptors (Lipinski definition) is 4. The van der Waals surface area contributed by atoms with Crippen molar-refractivity contribution in [3.63, 3.8) is 0 Å². The quantitative estimate of drug-likeness (QED) is 0.666. The topological polar surface area (TPSA) is 75.4 Å². The van der Waals surface area contributed by atoms with E-state index in [-0.39, 0.29) is 17.3 Å². The van der Waals surface area contributed by atoms with Gasteiger partial charge in [-0.1, -0.05) is 23.7 Å². The van der Waals surface area contributed by atoms with E-state index < -0.39 is 16.4 Å². The molecule has 2 N–H and O–H groups in total. The number of nitro benzene ring substituents is 1. The number of aromatic hydroxyl groups is 1. The number of para-hydroxylation sites is 1. The standard InChI is InChI=1S/C13H10ClFN2O3/c14-10-3-1-2-8(13(10)18)7-16-9-4-5-12(17(19)20)11(15)6-9/h1-6,16,18H,7H2. The van der Waals surface area contributed by atoms with Crippen LogP contribution in [0.5, 0.6) is 5.75 Å². The number of halogens is 2. The second-order valence-electron chi connectivity index (χ2n) is 4.02. The van der Waals surface area contributed by atoms with Gasteiger partial charge in [0.1, 0.15) is 5.75 Å². The Balaban J connectivity index is 2.13. The van der Waals surface area contributed by atoms with Crippen LogP contribution in [0.3, 0.4) is 0 Å². The third kappa shape index (κ3) is 2.97. The number of phenolic OH excluding ortho intramolecular Hbond substituents is 1. The first-order valence-electron chi connectivity index (χ1n) is 5.63. The zero-order valence-electron chi connectivity index (χ0n) is 10.1. The Bertz CT molecular complexity index is 664. The van der Waals surface area contributed by atoms with Crippen LogP contribution < -0.4 is 5.32 Å². The van der Waals surface area contributed by atoms with E-state index in [0.717, 1.165) is 12.1 Å². The number of rotatable bonds is 4. The van der Waals surface area contributed by atoms with Crippen molar-refractivity contribution in [1.82, 2.24) is 0 Å². The molecule has 2 aromatic carbocycles. The van der Waals surface area contributed by atoms with Gasteiger partial charge >= 0.3 is 5.69 Å². The average molecular weight is 297 g/mol. The second kappa shape index (κ2) is 5.75. The number of benzene rings is 2. The van der Waals surface area contributed by atoms with E-state index in [1.165, 1.54) is 6.07 Å². The lowest BCUT2D eigenvalue weighted by atomic mass is 10.2. The Morgan fingerprint density at radius 2 is 2.10 bits per heavy atom. The van der Waals surface area contributed by atoms with Crippen LogP contribution in [-0.4, -0.2) is 10.0 Å². The van der Waals surface area contributed by atoms with Gasteiger partial charge in [-0.2, -0.15) is 4.39 Å². The van der Waals surface area contributed by atoms with E-state index in [1.54, 1.807) is 18.2 Å². The Hall–Kier alpha value is -2.34. The summed E-state index contributed by atoms with van der Waals surface area (Å²) in [5, 5.41) is 23.3. The van der Waals surface area contributed by atoms with Gasteiger partial charge in [0.15, 0.2) is 0 Å². The van der Waals surface area contributed by atoms with Crippen LogP contribution in [0.1, 0.15) is 5.56 Å². The van der Waals surface area contributed by atoms with Crippen LogP contribution in [0, 0.1) is 15.9 Å². The molecule has 0 saturated heterocycles. The predicted octanol–water partition coefficient (Wildman–Crippen LogP) is 3.71. The maximum Gasteiger partial charge on any atom is 0.304 e. The van der Waals surface area contributed by atoms with Crippen molar-refractivity contribution < 1.29 is 14.4 Å². The molecule has 0 spiro atoms. The van der Waals surface area contributed by atoms with E-state index >= 15 is 0 Å². The minimum atomic E-state index is -0.921.